The summed E-state index contributed by atoms with van der Waals surface area (Å²) < 4.78 is 4.96. The number of para-hydroxylation sites is 1. The highest BCUT2D eigenvalue weighted by Crippen LogP contribution is 2.34. The number of carbonyl (C=O) groups is 1. The molecule has 166 valence electrons. The van der Waals surface area contributed by atoms with Gasteiger partial charge in [-0.1, -0.05) is 18.2 Å². The van der Waals surface area contributed by atoms with E-state index >= 15 is 0 Å². The van der Waals surface area contributed by atoms with Crippen molar-refractivity contribution >= 4 is 45.6 Å². The normalized spacial score (nSPS) is 10.6. The average molecular weight is 444 g/mol. The molecule has 2 aromatic carbocycles. The van der Waals surface area contributed by atoms with Gasteiger partial charge in [0.1, 0.15) is 6.33 Å². The minimum Gasteiger partial charge on any atom is -0.462 e. The lowest BCUT2D eigenvalue weighted by molar-refractivity contribution is -0.383. The van der Waals surface area contributed by atoms with E-state index in [9.17, 15) is 14.9 Å². The number of anilines is 4. The monoisotopic (exact) mass is 444 g/mol. The van der Waals surface area contributed by atoms with E-state index in [1.165, 1.54) is 6.33 Å². The van der Waals surface area contributed by atoms with E-state index in [1.807, 2.05) is 31.2 Å². The first-order chi connectivity index (χ1) is 16.0. The van der Waals surface area contributed by atoms with Crippen LogP contribution in [0.5, 0.6) is 0 Å². The summed E-state index contributed by atoms with van der Waals surface area (Å²) in [6.45, 7) is 3.87. The summed E-state index contributed by atoms with van der Waals surface area (Å²) in [6.07, 6.45) is 1.23. The molecule has 0 aliphatic rings. The smallest absolute Gasteiger partial charge is 0.353 e. The summed E-state index contributed by atoms with van der Waals surface area (Å²) in [6, 6.07) is 15.7. The fraction of sp³-hybridized carbons (Fsp3) is 0.130. The molecule has 0 fully saturated rings. The Labute approximate surface area is 188 Å². The van der Waals surface area contributed by atoms with Crippen molar-refractivity contribution in [3.8, 4) is 0 Å². The van der Waals surface area contributed by atoms with Gasteiger partial charge in [0.2, 0.25) is 11.6 Å². The Bertz CT molecular complexity index is 1340. The van der Waals surface area contributed by atoms with E-state index in [4.69, 9.17) is 4.74 Å². The van der Waals surface area contributed by atoms with Gasteiger partial charge in [0.05, 0.1) is 28.3 Å². The number of carbonyl (C=O) groups excluding carboxylic acids is 1. The van der Waals surface area contributed by atoms with E-state index in [0.29, 0.717) is 22.5 Å². The van der Waals surface area contributed by atoms with Gasteiger partial charge in [0, 0.05) is 16.8 Å². The molecule has 2 heterocycles. The minimum atomic E-state index is -0.554. The molecule has 0 saturated carbocycles. The molecule has 0 atom stereocenters. The number of rotatable bonds is 7. The van der Waals surface area contributed by atoms with Crippen LogP contribution in [0.1, 0.15) is 23.0 Å². The number of aryl methyl sites for hydroxylation is 1. The lowest BCUT2D eigenvalue weighted by Crippen LogP contribution is -2.07. The molecule has 0 unspecified atom stereocenters. The Hall–Kier alpha value is -4.60. The first kappa shape index (κ1) is 21.6. The first-order valence-electron chi connectivity index (χ1n) is 10.1. The molecule has 10 heteroatoms. The number of nitrogens with one attached hydrogen (secondary N) is 2. The number of benzene rings is 2. The van der Waals surface area contributed by atoms with Crippen LogP contribution in [0, 0.1) is 17.0 Å². The molecule has 0 spiro atoms. The first-order valence-corrected chi connectivity index (χ1v) is 10.1. The SMILES string of the molecule is CCOC(=O)c1ccc(Nc2ncnc(Nc3cccc4ccc(C)nc34)c2[N+](=O)[O-])cc1. The summed E-state index contributed by atoms with van der Waals surface area (Å²) in [5.74, 6) is -0.412. The van der Waals surface area contributed by atoms with Gasteiger partial charge >= 0.3 is 11.7 Å². The van der Waals surface area contributed by atoms with Crippen LogP contribution in [0.2, 0.25) is 0 Å². The Morgan fingerprint density at radius 2 is 1.76 bits per heavy atom. The second-order valence-corrected chi connectivity index (χ2v) is 7.05. The van der Waals surface area contributed by atoms with Crippen LogP contribution in [0.15, 0.2) is 60.9 Å². The van der Waals surface area contributed by atoms with Crippen molar-refractivity contribution in [3.05, 3.63) is 82.3 Å². The lowest BCUT2D eigenvalue weighted by Gasteiger charge is -2.12. The van der Waals surface area contributed by atoms with Crippen LogP contribution in [0.25, 0.3) is 10.9 Å². The van der Waals surface area contributed by atoms with Crippen molar-refractivity contribution in [2.75, 3.05) is 17.2 Å². The maximum Gasteiger partial charge on any atom is 0.353 e. The van der Waals surface area contributed by atoms with Gasteiger partial charge in [-0.2, -0.15) is 0 Å². The zero-order chi connectivity index (χ0) is 23.4. The van der Waals surface area contributed by atoms with Crippen LogP contribution >= 0.6 is 0 Å². The second kappa shape index (κ2) is 9.27. The molecule has 0 bridgehead atoms. The third-order valence-corrected chi connectivity index (χ3v) is 4.78. The number of hydrogen-bond donors (Lipinski definition) is 2. The zero-order valence-corrected chi connectivity index (χ0v) is 17.9. The molecule has 0 amide bonds. The number of nitrogens with zero attached hydrogens (tertiary/aromatic N) is 4. The van der Waals surface area contributed by atoms with Gasteiger partial charge in [0.25, 0.3) is 0 Å². The van der Waals surface area contributed by atoms with Crippen molar-refractivity contribution in [3.63, 3.8) is 0 Å². The number of hydrogen-bond acceptors (Lipinski definition) is 9. The van der Waals surface area contributed by atoms with E-state index in [1.54, 1.807) is 37.3 Å². The Kier molecular flexibility index (Phi) is 6.07. The van der Waals surface area contributed by atoms with Gasteiger partial charge < -0.3 is 15.4 Å². The number of ether oxygens (including phenoxy) is 1. The lowest BCUT2D eigenvalue weighted by atomic mass is 10.1. The van der Waals surface area contributed by atoms with E-state index in [-0.39, 0.29) is 23.9 Å². The number of esters is 1. The van der Waals surface area contributed by atoms with Crippen LogP contribution in [0.3, 0.4) is 0 Å². The molecule has 0 aliphatic heterocycles. The highest BCUT2D eigenvalue weighted by Gasteiger charge is 2.24. The molecule has 33 heavy (non-hydrogen) atoms. The summed E-state index contributed by atoms with van der Waals surface area (Å²) in [5.41, 5.74) is 2.65. The van der Waals surface area contributed by atoms with Crippen molar-refractivity contribution < 1.29 is 14.5 Å². The quantitative estimate of drug-likeness (QED) is 0.232. The highest BCUT2D eigenvalue weighted by atomic mass is 16.6. The van der Waals surface area contributed by atoms with Crippen molar-refractivity contribution in [2.24, 2.45) is 0 Å². The molecular weight excluding hydrogens is 424 g/mol. The standard InChI is InChI=1S/C23H20N6O4/c1-3-33-23(30)16-9-11-17(12-10-16)27-21-20(29(31)32)22(25-13-24-21)28-18-6-4-5-15-8-7-14(2)26-19(15)18/h4-13H,3H2,1-2H3,(H2,24,25,27,28). The number of aromatic nitrogens is 3. The maximum absolute atomic E-state index is 11.9. The third-order valence-electron chi connectivity index (χ3n) is 4.78. The van der Waals surface area contributed by atoms with E-state index in [0.717, 1.165) is 11.1 Å². The van der Waals surface area contributed by atoms with Crippen LogP contribution in [-0.2, 0) is 4.74 Å². The average Bonchev–Trinajstić information content (AvgIpc) is 2.80. The number of pyridine rings is 1. The third kappa shape index (κ3) is 4.69. The van der Waals surface area contributed by atoms with Gasteiger partial charge in [-0.05, 0) is 50.2 Å². The van der Waals surface area contributed by atoms with Gasteiger partial charge in [-0.15, -0.1) is 0 Å². The molecule has 2 aromatic heterocycles. The Morgan fingerprint density at radius 3 is 2.45 bits per heavy atom. The Balaban J connectivity index is 1.67. The molecule has 0 saturated heterocycles. The zero-order valence-electron chi connectivity index (χ0n) is 17.9. The van der Waals surface area contributed by atoms with Crippen LogP contribution in [0.4, 0.5) is 28.7 Å². The van der Waals surface area contributed by atoms with Crippen LogP contribution in [-0.4, -0.2) is 32.5 Å². The van der Waals surface area contributed by atoms with E-state index < -0.39 is 10.9 Å². The molecule has 0 aliphatic carbocycles. The summed E-state index contributed by atoms with van der Waals surface area (Å²) in [5, 5.41) is 18.8. The molecule has 2 N–H and O–H groups in total. The summed E-state index contributed by atoms with van der Waals surface area (Å²) in [7, 11) is 0. The fourth-order valence-electron chi connectivity index (χ4n) is 3.25. The predicted octanol–water partition coefficient (Wildman–Crippen LogP) is 4.91. The largest absolute Gasteiger partial charge is 0.462 e. The highest BCUT2D eigenvalue weighted by molar-refractivity contribution is 5.93. The second-order valence-electron chi connectivity index (χ2n) is 7.05. The summed E-state index contributed by atoms with van der Waals surface area (Å²) >= 11 is 0. The predicted molar refractivity (Wildman–Crippen MR) is 124 cm³/mol. The number of nitro groups is 1. The van der Waals surface area contributed by atoms with E-state index in [2.05, 4.69) is 25.6 Å². The van der Waals surface area contributed by atoms with Crippen molar-refractivity contribution in [1.29, 1.82) is 0 Å². The van der Waals surface area contributed by atoms with Gasteiger partial charge in [0.15, 0.2) is 0 Å². The molecule has 4 aromatic rings. The van der Waals surface area contributed by atoms with Crippen LogP contribution < -0.4 is 10.6 Å². The Morgan fingerprint density at radius 1 is 1.03 bits per heavy atom. The fourth-order valence-corrected chi connectivity index (χ4v) is 3.25. The maximum atomic E-state index is 11.9. The van der Waals surface area contributed by atoms with Gasteiger partial charge in [-0.25, -0.2) is 14.8 Å². The molecule has 4 rings (SSSR count). The van der Waals surface area contributed by atoms with Crippen molar-refractivity contribution in [2.45, 2.75) is 13.8 Å². The topological polar surface area (TPSA) is 132 Å². The minimum absolute atomic E-state index is 0.00533. The van der Waals surface area contributed by atoms with Gasteiger partial charge in [-0.3, -0.25) is 15.1 Å². The van der Waals surface area contributed by atoms with Crippen molar-refractivity contribution in [1.82, 2.24) is 15.0 Å². The molecule has 0 radical (unpaired) electrons. The number of fused-ring (bicyclic) bond motifs is 1. The molecular formula is C23H20N6O4. The summed E-state index contributed by atoms with van der Waals surface area (Å²) in [4.78, 5) is 35.9. The molecule has 10 nitrogen and oxygen atoms in total.